The van der Waals surface area contributed by atoms with Gasteiger partial charge in [-0.2, -0.15) is 0 Å². The molecule has 0 aliphatic heterocycles. The Labute approximate surface area is 109 Å². The standard InChI is InChI=1S/C13H15N3OS/c1-7(14)12(17)15-9-4-5-10-11(6-9)18-13(16-10)8-2-3-8/h4-8H,2-3,14H2,1H3,(H,15,17)/t7-/m0/s1. The maximum absolute atomic E-state index is 11.5. The molecule has 4 nitrogen and oxygen atoms in total. The number of nitrogens with one attached hydrogen (secondary N) is 1. The molecule has 5 heteroatoms. The van der Waals surface area contributed by atoms with E-state index in [9.17, 15) is 4.79 Å². The molecule has 3 rings (SSSR count). The molecule has 1 atom stereocenters. The Balaban J connectivity index is 1.88. The Kier molecular flexibility index (Phi) is 2.80. The van der Waals surface area contributed by atoms with Crippen molar-refractivity contribution in [2.24, 2.45) is 5.73 Å². The Morgan fingerprint density at radius 1 is 1.56 bits per heavy atom. The third kappa shape index (κ3) is 2.23. The second-order valence-corrected chi connectivity index (χ2v) is 5.85. The predicted molar refractivity (Wildman–Crippen MR) is 73.9 cm³/mol. The van der Waals surface area contributed by atoms with Crippen LogP contribution in [0.3, 0.4) is 0 Å². The molecular weight excluding hydrogens is 246 g/mol. The topological polar surface area (TPSA) is 68.0 Å². The number of hydrogen-bond acceptors (Lipinski definition) is 4. The molecule has 1 aliphatic rings. The number of carbonyl (C=O) groups is 1. The van der Waals surface area contributed by atoms with Crippen LogP contribution in [0.15, 0.2) is 18.2 Å². The highest BCUT2D eigenvalue weighted by Crippen LogP contribution is 2.43. The quantitative estimate of drug-likeness (QED) is 0.891. The molecule has 0 unspecified atom stereocenters. The normalized spacial score (nSPS) is 16.8. The van der Waals surface area contributed by atoms with E-state index >= 15 is 0 Å². The number of hydrogen-bond donors (Lipinski definition) is 2. The number of carbonyl (C=O) groups excluding carboxylic acids is 1. The van der Waals surface area contributed by atoms with Crippen molar-refractivity contribution in [1.29, 1.82) is 0 Å². The molecule has 0 radical (unpaired) electrons. The molecule has 1 saturated carbocycles. The molecule has 1 aromatic heterocycles. The predicted octanol–water partition coefficient (Wildman–Crippen LogP) is 2.46. The van der Waals surface area contributed by atoms with Crippen LogP contribution in [0.2, 0.25) is 0 Å². The van der Waals surface area contributed by atoms with Gasteiger partial charge in [0.1, 0.15) is 0 Å². The molecule has 1 amide bonds. The van der Waals surface area contributed by atoms with Crippen molar-refractivity contribution in [1.82, 2.24) is 4.98 Å². The third-order valence-corrected chi connectivity index (χ3v) is 4.19. The van der Waals surface area contributed by atoms with Gasteiger partial charge in [-0.25, -0.2) is 4.98 Å². The fourth-order valence-corrected chi connectivity index (χ4v) is 2.96. The minimum absolute atomic E-state index is 0.165. The van der Waals surface area contributed by atoms with Crippen LogP contribution < -0.4 is 11.1 Å². The van der Waals surface area contributed by atoms with Crippen LogP contribution in [-0.2, 0) is 4.79 Å². The van der Waals surface area contributed by atoms with Crippen LogP contribution in [0, 0.1) is 0 Å². The molecule has 18 heavy (non-hydrogen) atoms. The summed E-state index contributed by atoms with van der Waals surface area (Å²) in [5.74, 6) is 0.505. The van der Waals surface area contributed by atoms with Gasteiger partial charge in [-0.05, 0) is 38.0 Å². The second kappa shape index (κ2) is 4.33. The van der Waals surface area contributed by atoms with Gasteiger partial charge in [-0.1, -0.05) is 0 Å². The lowest BCUT2D eigenvalue weighted by molar-refractivity contribution is -0.117. The highest BCUT2D eigenvalue weighted by atomic mass is 32.1. The summed E-state index contributed by atoms with van der Waals surface area (Å²) in [5, 5.41) is 4.03. The first-order valence-electron chi connectivity index (χ1n) is 6.10. The van der Waals surface area contributed by atoms with Crippen molar-refractivity contribution < 1.29 is 4.79 Å². The first-order valence-corrected chi connectivity index (χ1v) is 6.92. The van der Waals surface area contributed by atoms with Crippen molar-refractivity contribution in [3.8, 4) is 0 Å². The summed E-state index contributed by atoms with van der Waals surface area (Å²) in [6.07, 6.45) is 2.52. The second-order valence-electron chi connectivity index (χ2n) is 4.79. The lowest BCUT2D eigenvalue weighted by atomic mass is 10.2. The molecule has 1 aromatic carbocycles. The molecule has 1 heterocycles. The largest absolute Gasteiger partial charge is 0.325 e. The highest BCUT2D eigenvalue weighted by Gasteiger charge is 2.26. The summed E-state index contributed by atoms with van der Waals surface area (Å²) in [6.45, 7) is 1.67. The van der Waals surface area contributed by atoms with Gasteiger partial charge in [-0.3, -0.25) is 4.79 Å². The average Bonchev–Trinajstić information content (AvgIpc) is 3.09. The van der Waals surface area contributed by atoms with Crippen molar-refractivity contribution in [2.45, 2.75) is 31.7 Å². The number of amides is 1. The first kappa shape index (κ1) is 11.6. The number of benzene rings is 1. The summed E-state index contributed by atoms with van der Waals surface area (Å²) in [7, 11) is 0. The summed E-state index contributed by atoms with van der Waals surface area (Å²) in [6, 6.07) is 5.30. The number of fused-ring (bicyclic) bond motifs is 1. The molecule has 2 aromatic rings. The minimum atomic E-state index is -0.496. The van der Waals surface area contributed by atoms with Crippen molar-refractivity contribution in [3.63, 3.8) is 0 Å². The molecule has 94 valence electrons. The monoisotopic (exact) mass is 261 g/mol. The van der Waals surface area contributed by atoms with Crippen LogP contribution in [0.4, 0.5) is 5.69 Å². The van der Waals surface area contributed by atoms with E-state index < -0.39 is 6.04 Å². The maximum Gasteiger partial charge on any atom is 0.240 e. The van der Waals surface area contributed by atoms with E-state index in [2.05, 4.69) is 10.3 Å². The number of thiazole rings is 1. The molecule has 1 aliphatic carbocycles. The molecule has 0 spiro atoms. The fraction of sp³-hybridized carbons (Fsp3) is 0.385. The Morgan fingerprint density at radius 2 is 2.33 bits per heavy atom. The number of aromatic nitrogens is 1. The minimum Gasteiger partial charge on any atom is -0.325 e. The summed E-state index contributed by atoms with van der Waals surface area (Å²) in [4.78, 5) is 16.1. The smallest absolute Gasteiger partial charge is 0.240 e. The Hall–Kier alpha value is -1.46. The first-order chi connectivity index (χ1) is 8.63. The molecule has 1 fully saturated rings. The van der Waals surface area contributed by atoms with E-state index in [0.29, 0.717) is 5.92 Å². The van der Waals surface area contributed by atoms with Crippen LogP contribution in [0.25, 0.3) is 10.2 Å². The van der Waals surface area contributed by atoms with Gasteiger partial charge in [0.2, 0.25) is 5.91 Å². The van der Waals surface area contributed by atoms with Gasteiger partial charge >= 0.3 is 0 Å². The molecule has 3 N–H and O–H groups in total. The summed E-state index contributed by atoms with van der Waals surface area (Å²) < 4.78 is 1.12. The summed E-state index contributed by atoms with van der Waals surface area (Å²) in [5.41, 5.74) is 7.33. The zero-order chi connectivity index (χ0) is 12.7. The number of nitrogens with zero attached hydrogens (tertiary/aromatic N) is 1. The van der Waals surface area contributed by atoms with Crippen LogP contribution in [0.5, 0.6) is 0 Å². The van der Waals surface area contributed by atoms with Gasteiger partial charge in [-0.15, -0.1) is 11.3 Å². The van der Waals surface area contributed by atoms with E-state index in [0.717, 1.165) is 15.9 Å². The lowest BCUT2D eigenvalue weighted by Crippen LogP contribution is -2.32. The zero-order valence-electron chi connectivity index (χ0n) is 10.1. The highest BCUT2D eigenvalue weighted by molar-refractivity contribution is 7.18. The number of nitrogens with two attached hydrogens (primary N) is 1. The Morgan fingerprint density at radius 3 is 3.00 bits per heavy atom. The van der Waals surface area contributed by atoms with Gasteiger partial charge in [0, 0.05) is 11.6 Å². The van der Waals surface area contributed by atoms with Crippen LogP contribution in [0.1, 0.15) is 30.7 Å². The van der Waals surface area contributed by atoms with Crippen LogP contribution in [-0.4, -0.2) is 16.9 Å². The summed E-state index contributed by atoms with van der Waals surface area (Å²) >= 11 is 1.72. The van der Waals surface area contributed by atoms with E-state index in [-0.39, 0.29) is 5.91 Å². The average molecular weight is 261 g/mol. The van der Waals surface area contributed by atoms with Crippen LogP contribution >= 0.6 is 11.3 Å². The van der Waals surface area contributed by atoms with Crippen molar-refractivity contribution in [2.75, 3.05) is 5.32 Å². The van der Waals surface area contributed by atoms with Gasteiger partial charge in [0.15, 0.2) is 0 Å². The number of anilines is 1. The Bertz CT molecular complexity index is 601. The molecule has 0 saturated heterocycles. The molecular formula is C13H15N3OS. The van der Waals surface area contributed by atoms with Gasteiger partial charge < -0.3 is 11.1 Å². The van der Waals surface area contributed by atoms with Crippen molar-refractivity contribution >= 4 is 33.1 Å². The number of rotatable bonds is 3. The van der Waals surface area contributed by atoms with E-state index in [1.54, 1.807) is 18.3 Å². The van der Waals surface area contributed by atoms with Crippen molar-refractivity contribution in [3.05, 3.63) is 23.2 Å². The third-order valence-electron chi connectivity index (χ3n) is 3.01. The van der Waals surface area contributed by atoms with E-state index in [1.165, 1.54) is 17.8 Å². The van der Waals surface area contributed by atoms with Gasteiger partial charge in [0.25, 0.3) is 0 Å². The fourth-order valence-electron chi connectivity index (χ4n) is 1.78. The lowest BCUT2D eigenvalue weighted by Gasteiger charge is -2.07. The van der Waals surface area contributed by atoms with E-state index in [4.69, 9.17) is 5.73 Å². The maximum atomic E-state index is 11.5. The molecule has 0 bridgehead atoms. The van der Waals surface area contributed by atoms with Gasteiger partial charge in [0.05, 0.1) is 21.3 Å². The SMILES string of the molecule is C[C@H](N)C(=O)Nc1ccc2nc(C3CC3)sc2c1. The zero-order valence-corrected chi connectivity index (χ0v) is 11.0. The van der Waals surface area contributed by atoms with E-state index in [1.807, 2.05) is 18.2 Å².